The van der Waals surface area contributed by atoms with Gasteiger partial charge in [0.2, 0.25) is 0 Å². The number of rotatable bonds is 1. The molecule has 0 aliphatic heterocycles. The van der Waals surface area contributed by atoms with Gasteiger partial charge in [-0.15, -0.1) is 10.2 Å². The van der Waals surface area contributed by atoms with Gasteiger partial charge in [0.15, 0.2) is 5.82 Å². The van der Waals surface area contributed by atoms with Crippen LogP contribution in [0, 0.1) is 5.82 Å². The molecule has 0 aliphatic carbocycles. The Morgan fingerprint density at radius 1 is 1.36 bits per heavy atom. The third-order valence-corrected chi connectivity index (χ3v) is 1.85. The van der Waals surface area contributed by atoms with E-state index in [1.54, 1.807) is 11.6 Å². The van der Waals surface area contributed by atoms with Crippen molar-refractivity contribution in [3.8, 4) is 17.1 Å². The largest absolute Gasteiger partial charge is 0.508 e. The van der Waals surface area contributed by atoms with Gasteiger partial charge in [0, 0.05) is 18.7 Å². The van der Waals surface area contributed by atoms with Gasteiger partial charge in [-0.05, 0) is 12.1 Å². The molecule has 0 radical (unpaired) electrons. The molecule has 1 N–H and O–H groups in total. The van der Waals surface area contributed by atoms with Crippen LogP contribution in [0.3, 0.4) is 0 Å². The van der Waals surface area contributed by atoms with Gasteiger partial charge in [-0.25, -0.2) is 4.39 Å². The molecule has 0 atom stereocenters. The molecule has 72 valence electrons. The number of benzene rings is 1. The zero-order valence-electron chi connectivity index (χ0n) is 7.48. The quantitative estimate of drug-likeness (QED) is 0.743. The van der Waals surface area contributed by atoms with Gasteiger partial charge >= 0.3 is 0 Å². The summed E-state index contributed by atoms with van der Waals surface area (Å²) in [6.45, 7) is 0. The summed E-state index contributed by atoms with van der Waals surface area (Å²) in [5.74, 6) is -0.106. The van der Waals surface area contributed by atoms with Crippen molar-refractivity contribution in [3.05, 3.63) is 30.3 Å². The molecule has 0 bridgehead atoms. The smallest absolute Gasteiger partial charge is 0.163 e. The molecule has 4 nitrogen and oxygen atoms in total. The molecule has 0 spiro atoms. The van der Waals surface area contributed by atoms with Crippen molar-refractivity contribution >= 4 is 0 Å². The van der Waals surface area contributed by atoms with Gasteiger partial charge in [-0.3, -0.25) is 0 Å². The van der Waals surface area contributed by atoms with Gasteiger partial charge in [-0.1, -0.05) is 0 Å². The predicted molar refractivity (Wildman–Crippen MR) is 48.1 cm³/mol. The van der Waals surface area contributed by atoms with E-state index in [0.29, 0.717) is 11.4 Å². The Bertz CT molecular complexity index is 447. The molecule has 2 rings (SSSR count). The number of hydrogen-bond donors (Lipinski definition) is 1. The summed E-state index contributed by atoms with van der Waals surface area (Å²) in [7, 11) is 1.75. The van der Waals surface area contributed by atoms with Crippen LogP contribution in [0.1, 0.15) is 0 Å². The number of phenols is 1. The van der Waals surface area contributed by atoms with Crippen LogP contribution in [-0.2, 0) is 7.05 Å². The van der Waals surface area contributed by atoms with E-state index >= 15 is 0 Å². The van der Waals surface area contributed by atoms with Gasteiger partial charge in [-0.2, -0.15) is 0 Å². The number of halogens is 1. The zero-order valence-corrected chi connectivity index (χ0v) is 7.48. The lowest BCUT2D eigenvalue weighted by Crippen LogP contribution is -1.91. The average Bonchev–Trinajstić information content (AvgIpc) is 2.49. The Hall–Kier alpha value is -1.91. The van der Waals surface area contributed by atoms with Crippen LogP contribution < -0.4 is 0 Å². The highest BCUT2D eigenvalue weighted by Gasteiger charge is 2.07. The number of aryl methyl sites for hydroxylation is 1. The highest BCUT2D eigenvalue weighted by Crippen LogP contribution is 2.22. The number of phenolic OH excluding ortho intramolecular Hbond substituents is 1. The van der Waals surface area contributed by atoms with Crippen LogP contribution in [0.2, 0.25) is 0 Å². The number of aromatic hydroxyl groups is 1. The van der Waals surface area contributed by atoms with Crippen molar-refractivity contribution in [2.24, 2.45) is 7.05 Å². The molecule has 2 aromatic rings. The molecular weight excluding hydrogens is 185 g/mol. The third kappa shape index (κ3) is 1.44. The maximum atomic E-state index is 12.9. The first-order valence-corrected chi connectivity index (χ1v) is 4.01. The average molecular weight is 193 g/mol. The minimum Gasteiger partial charge on any atom is -0.508 e. The molecule has 0 unspecified atom stereocenters. The maximum Gasteiger partial charge on any atom is 0.163 e. The fourth-order valence-corrected chi connectivity index (χ4v) is 1.25. The van der Waals surface area contributed by atoms with Crippen molar-refractivity contribution in [3.63, 3.8) is 0 Å². The van der Waals surface area contributed by atoms with Gasteiger partial charge < -0.3 is 9.67 Å². The molecule has 1 heterocycles. The Morgan fingerprint density at radius 2 is 2.14 bits per heavy atom. The Kier molecular flexibility index (Phi) is 1.92. The summed E-state index contributed by atoms with van der Waals surface area (Å²) in [6, 6.07) is 3.77. The van der Waals surface area contributed by atoms with E-state index in [4.69, 9.17) is 0 Å². The molecule has 0 saturated heterocycles. The van der Waals surface area contributed by atoms with Gasteiger partial charge in [0.25, 0.3) is 0 Å². The predicted octanol–water partition coefficient (Wildman–Crippen LogP) is 1.33. The monoisotopic (exact) mass is 193 g/mol. The molecule has 14 heavy (non-hydrogen) atoms. The van der Waals surface area contributed by atoms with Crippen LogP contribution in [0.15, 0.2) is 24.5 Å². The van der Waals surface area contributed by atoms with Crippen molar-refractivity contribution in [2.45, 2.75) is 0 Å². The van der Waals surface area contributed by atoms with E-state index in [-0.39, 0.29) is 5.75 Å². The lowest BCUT2D eigenvalue weighted by Gasteiger charge is -2.01. The minimum absolute atomic E-state index is 0.122. The van der Waals surface area contributed by atoms with Crippen LogP contribution >= 0.6 is 0 Å². The summed E-state index contributed by atoms with van der Waals surface area (Å²) in [4.78, 5) is 0. The van der Waals surface area contributed by atoms with Crippen LogP contribution in [0.4, 0.5) is 4.39 Å². The first kappa shape index (κ1) is 8.68. The molecule has 0 amide bonds. The number of hydrogen-bond acceptors (Lipinski definition) is 3. The highest BCUT2D eigenvalue weighted by molar-refractivity contribution is 5.57. The fourth-order valence-electron chi connectivity index (χ4n) is 1.25. The Morgan fingerprint density at radius 3 is 2.71 bits per heavy atom. The summed E-state index contributed by atoms with van der Waals surface area (Å²) in [5.41, 5.74) is 0.502. The van der Waals surface area contributed by atoms with E-state index in [1.165, 1.54) is 18.5 Å². The molecule has 5 heteroatoms. The third-order valence-electron chi connectivity index (χ3n) is 1.85. The second-order valence-electron chi connectivity index (χ2n) is 2.96. The Balaban J connectivity index is 2.57. The second-order valence-corrected chi connectivity index (χ2v) is 2.96. The van der Waals surface area contributed by atoms with Crippen molar-refractivity contribution < 1.29 is 9.50 Å². The molecule has 0 fully saturated rings. The fraction of sp³-hybridized carbons (Fsp3) is 0.111. The van der Waals surface area contributed by atoms with Crippen molar-refractivity contribution in [2.75, 3.05) is 0 Å². The van der Waals surface area contributed by atoms with Crippen LogP contribution in [0.25, 0.3) is 11.4 Å². The van der Waals surface area contributed by atoms with E-state index in [1.807, 2.05) is 0 Å². The van der Waals surface area contributed by atoms with Crippen LogP contribution in [0.5, 0.6) is 5.75 Å². The minimum atomic E-state index is -0.497. The summed E-state index contributed by atoms with van der Waals surface area (Å²) in [6.07, 6.45) is 1.51. The summed E-state index contributed by atoms with van der Waals surface area (Å²) < 4.78 is 14.6. The lowest BCUT2D eigenvalue weighted by atomic mass is 10.2. The standard InChI is InChI=1S/C9H8FN3O/c1-13-5-11-12-9(13)6-2-7(10)4-8(14)3-6/h2-5,14H,1H3. The first-order valence-electron chi connectivity index (χ1n) is 4.01. The van der Waals surface area contributed by atoms with Crippen LogP contribution in [-0.4, -0.2) is 19.9 Å². The van der Waals surface area contributed by atoms with Crippen molar-refractivity contribution in [1.29, 1.82) is 0 Å². The topological polar surface area (TPSA) is 50.9 Å². The molecule has 0 aliphatic rings. The highest BCUT2D eigenvalue weighted by atomic mass is 19.1. The Labute approximate surface area is 79.6 Å². The molecular formula is C9H8FN3O. The number of aromatic nitrogens is 3. The SMILES string of the molecule is Cn1cnnc1-c1cc(O)cc(F)c1. The van der Waals surface area contributed by atoms with Gasteiger partial charge in [0.1, 0.15) is 17.9 Å². The molecule has 0 saturated carbocycles. The zero-order chi connectivity index (χ0) is 10.1. The lowest BCUT2D eigenvalue weighted by molar-refractivity contribution is 0.469. The van der Waals surface area contributed by atoms with E-state index in [0.717, 1.165) is 6.07 Å². The second kappa shape index (κ2) is 3.10. The summed E-state index contributed by atoms with van der Waals surface area (Å²) in [5, 5.41) is 16.7. The molecule has 1 aromatic heterocycles. The van der Waals surface area contributed by atoms with E-state index < -0.39 is 5.82 Å². The van der Waals surface area contributed by atoms with E-state index in [2.05, 4.69) is 10.2 Å². The van der Waals surface area contributed by atoms with E-state index in [9.17, 15) is 9.50 Å². The van der Waals surface area contributed by atoms with Crippen molar-refractivity contribution in [1.82, 2.24) is 14.8 Å². The normalized spacial score (nSPS) is 10.4. The summed E-state index contributed by atoms with van der Waals surface area (Å²) >= 11 is 0. The first-order chi connectivity index (χ1) is 6.66. The molecule has 1 aromatic carbocycles. The van der Waals surface area contributed by atoms with Gasteiger partial charge in [0.05, 0.1) is 0 Å². The number of nitrogens with zero attached hydrogens (tertiary/aromatic N) is 3. The maximum absolute atomic E-state index is 12.9.